The minimum atomic E-state index is -2.48. The normalized spacial score (nSPS) is 40.0. The van der Waals surface area contributed by atoms with Crippen LogP contribution in [0.2, 0.25) is 0 Å². The number of hydrogen-bond donors (Lipinski definition) is 3. The third kappa shape index (κ3) is 13.0. The van der Waals surface area contributed by atoms with Gasteiger partial charge >= 0.3 is 5.97 Å². The number of carbonyl (C=O) groups is 5. The fourth-order valence-corrected chi connectivity index (χ4v) is 11.8. The SMILES string of the molecule is COC1CC2CCC(C)C(O)(O2)C(=O)C(=O)N2CCCCC2C(=O)OC(C(C)C2CCCC(O)C2OC)CC(=O)C(C)/C=C(\C)C(O)C(C)C(=O)C(C)CC(C)C2C=CC(/C=C/1C)ON2c1ccccc1. The summed E-state index contributed by atoms with van der Waals surface area (Å²) < 4.78 is 24.4. The molecule has 2 saturated heterocycles. The van der Waals surface area contributed by atoms with E-state index in [0.717, 1.165) is 11.3 Å². The van der Waals surface area contributed by atoms with E-state index in [9.17, 15) is 39.3 Å². The number of fused-ring (bicyclic) bond motifs is 16. The molecule has 0 radical (unpaired) electrons. The smallest absolute Gasteiger partial charge is 0.329 e. The Labute approximate surface area is 421 Å². The largest absolute Gasteiger partial charge is 0.460 e. The van der Waals surface area contributed by atoms with Gasteiger partial charge in [-0.1, -0.05) is 84.4 Å². The summed E-state index contributed by atoms with van der Waals surface area (Å²) in [6.45, 7) is 14.6. The Morgan fingerprint density at radius 2 is 1.54 bits per heavy atom. The highest BCUT2D eigenvalue weighted by atomic mass is 16.7. The van der Waals surface area contributed by atoms with Gasteiger partial charge in [0.25, 0.3) is 11.7 Å². The number of esters is 1. The summed E-state index contributed by atoms with van der Waals surface area (Å²) in [6, 6.07) is 8.31. The van der Waals surface area contributed by atoms with Gasteiger partial charge in [0.2, 0.25) is 5.79 Å². The van der Waals surface area contributed by atoms with E-state index in [0.29, 0.717) is 56.9 Å². The predicted octanol–water partition coefficient (Wildman–Crippen LogP) is 7.04. The van der Waals surface area contributed by atoms with E-state index in [4.69, 9.17) is 23.8 Å². The molecule has 3 N–H and O–H groups in total. The number of hydrogen-bond acceptors (Lipinski definition) is 14. The number of amides is 1. The maximum absolute atomic E-state index is 14.5. The number of rotatable bonds is 5. The summed E-state index contributed by atoms with van der Waals surface area (Å²) in [4.78, 5) is 79.6. The van der Waals surface area contributed by atoms with E-state index in [1.165, 1.54) is 12.0 Å². The first-order valence-electron chi connectivity index (χ1n) is 26.2. The molecular formula is C56H82N2O13. The van der Waals surface area contributed by atoms with E-state index in [1.807, 2.05) is 68.3 Å². The van der Waals surface area contributed by atoms with E-state index in [1.54, 1.807) is 40.9 Å². The standard InChI is InChI=1S/C56H82N2O13/c1-32-27-35(4)50(61)39(8)51(62)36(5)28-33(2)47(60)31-49(38(7)43-19-16-21-46(59)52(43)68-10)69-55(65)45-20-14-15-26-57(45)54(64)53(63)56(66)37(6)22-23-41(70-56)30-48(67-9)34(3)29-42-24-25-44(32)58(71-42)40-17-12-11-13-18-40/h11-13,17-18,24-25,28-29,32-33,35,37-39,41-46,48-49,51-52,59,62,66H,14-16,19-23,26-27,30-31H2,1-10H3/b34-29+,36-28+. The first-order valence-corrected chi connectivity index (χ1v) is 26.2. The zero-order valence-corrected chi connectivity index (χ0v) is 43.7. The monoisotopic (exact) mass is 991 g/mol. The summed E-state index contributed by atoms with van der Waals surface area (Å²) in [6.07, 6.45) is 7.09. The van der Waals surface area contributed by atoms with Crippen molar-refractivity contribution in [1.29, 1.82) is 0 Å². The van der Waals surface area contributed by atoms with E-state index in [2.05, 4.69) is 13.0 Å². The Hall–Kier alpha value is -4.09. The summed E-state index contributed by atoms with van der Waals surface area (Å²) >= 11 is 0. The summed E-state index contributed by atoms with van der Waals surface area (Å²) in [5, 5.41) is 36.6. The lowest BCUT2D eigenvalue weighted by molar-refractivity contribution is -0.265. The van der Waals surface area contributed by atoms with Crippen LogP contribution in [0.15, 0.2) is 65.8 Å². The number of methoxy groups -OCH3 is 2. The van der Waals surface area contributed by atoms with Gasteiger partial charge in [-0.25, -0.2) is 9.86 Å². The Morgan fingerprint density at radius 3 is 2.23 bits per heavy atom. The molecule has 7 rings (SSSR count). The molecule has 1 aromatic rings. The average molecular weight is 991 g/mol. The molecule has 0 aromatic heterocycles. The third-order valence-corrected chi connectivity index (χ3v) is 16.4. The number of ether oxygens (including phenoxy) is 4. The topological polar surface area (TPSA) is 199 Å². The molecule has 15 heteroatoms. The third-order valence-electron chi connectivity index (χ3n) is 16.4. The van der Waals surface area contributed by atoms with E-state index >= 15 is 0 Å². The molecule has 1 aliphatic carbocycles. The van der Waals surface area contributed by atoms with Crippen LogP contribution in [-0.4, -0.2) is 131 Å². The molecule has 15 nitrogen and oxygen atoms in total. The van der Waals surface area contributed by atoms with Crippen LogP contribution in [0, 0.1) is 41.4 Å². The zero-order valence-electron chi connectivity index (χ0n) is 43.7. The number of nitrogens with zero attached hydrogens (tertiary/aromatic N) is 2. The van der Waals surface area contributed by atoms with Crippen LogP contribution in [0.5, 0.6) is 0 Å². The molecule has 71 heavy (non-hydrogen) atoms. The van der Waals surface area contributed by atoms with Crippen LogP contribution >= 0.6 is 0 Å². The lowest BCUT2D eigenvalue weighted by Gasteiger charge is -2.43. The fourth-order valence-electron chi connectivity index (χ4n) is 11.8. The molecular weight excluding hydrogens is 909 g/mol. The number of anilines is 1. The molecule has 5 aliphatic heterocycles. The molecule has 394 valence electrons. The summed E-state index contributed by atoms with van der Waals surface area (Å²) in [7, 11) is 3.10. The number of Topliss-reactive ketones (excluding diaryl/α,β-unsaturated/α-hetero) is 3. The quantitative estimate of drug-likeness (QED) is 0.154. The van der Waals surface area contributed by atoms with Crippen molar-refractivity contribution in [2.45, 2.75) is 187 Å². The molecule has 1 aromatic carbocycles. The van der Waals surface area contributed by atoms with Gasteiger partial charge in [0.1, 0.15) is 29.8 Å². The van der Waals surface area contributed by atoms with Gasteiger partial charge in [0.15, 0.2) is 0 Å². The Bertz CT molecular complexity index is 2110. The molecule has 1 amide bonds. The van der Waals surface area contributed by atoms with E-state index < -0.39 is 102 Å². The molecule has 6 aliphatic rings. The van der Waals surface area contributed by atoms with Crippen molar-refractivity contribution in [1.82, 2.24) is 4.90 Å². The van der Waals surface area contributed by atoms with Crippen LogP contribution < -0.4 is 5.06 Å². The van der Waals surface area contributed by atoms with Crippen molar-refractivity contribution in [2.24, 2.45) is 41.4 Å². The number of carbonyl (C=O) groups excluding carboxylic acids is 5. The number of hydroxylamine groups is 1. The Kier molecular flexibility index (Phi) is 19.6. The maximum Gasteiger partial charge on any atom is 0.329 e. The first kappa shape index (κ1) is 56.2. The summed E-state index contributed by atoms with van der Waals surface area (Å²) in [5.74, 6) is -9.38. The molecule has 0 spiro atoms. The number of allylic oxidation sites excluding steroid dienone is 1. The minimum Gasteiger partial charge on any atom is -0.460 e. The van der Waals surface area contributed by atoms with Gasteiger partial charge in [0, 0.05) is 57.3 Å². The Balaban J connectivity index is 1.36. The van der Waals surface area contributed by atoms with Gasteiger partial charge in [0.05, 0.1) is 42.2 Å². The second-order valence-corrected chi connectivity index (χ2v) is 21.5. The average Bonchev–Trinajstić information content (AvgIpc) is 3.36. The molecule has 1 saturated carbocycles. The second-order valence-electron chi connectivity index (χ2n) is 21.5. The molecule has 3 fully saturated rings. The number of para-hydroxylation sites is 1. The second kappa shape index (κ2) is 24.8. The van der Waals surface area contributed by atoms with Crippen LogP contribution in [0.4, 0.5) is 5.69 Å². The molecule has 4 bridgehead atoms. The van der Waals surface area contributed by atoms with Crippen molar-refractivity contribution < 1.29 is 63.1 Å². The van der Waals surface area contributed by atoms with Gasteiger partial charge < -0.3 is 39.2 Å². The zero-order chi connectivity index (χ0) is 51.9. The fraction of sp³-hybridized carbons (Fsp3) is 0.696. The first-order chi connectivity index (χ1) is 33.7. The van der Waals surface area contributed by atoms with Crippen molar-refractivity contribution in [3.8, 4) is 0 Å². The predicted molar refractivity (Wildman–Crippen MR) is 267 cm³/mol. The molecule has 17 unspecified atom stereocenters. The minimum absolute atomic E-state index is 0.0653. The maximum atomic E-state index is 14.5. The highest BCUT2D eigenvalue weighted by molar-refractivity contribution is 6.39. The van der Waals surface area contributed by atoms with Crippen LogP contribution in [0.3, 0.4) is 0 Å². The van der Waals surface area contributed by atoms with Gasteiger partial charge in [-0.3, -0.25) is 24.0 Å². The van der Waals surface area contributed by atoms with Gasteiger partial charge in [-0.05, 0) is 112 Å². The number of aliphatic hydroxyl groups is 3. The Morgan fingerprint density at radius 1 is 0.817 bits per heavy atom. The molecule has 5 heterocycles. The van der Waals surface area contributed by atoms with Crippen LogP contribution in [0.25, 0.3) is 0 Å². The number of aliphatic hydroxyl groups excluding tert-OH is 2. The number of ketones is 3. The van der Waals surface area contributed by atoms with Gasteiger partial charge in [-0.2, -0.15) is 0 Å². The van der Waals surface area contributed by atoms with Crippen molar-refractivity contribution in [3.05, 3.63) is 65.8 Å². The number of piperidine rings is 1. The number of benzene rings is 1. The van der Waals surface area contributed by atoms with Crippen molar-refractivity contribution in [3.63, 3.8) is 0 Å². The lowest BCUT2D eigenvalue weighted by atomic mass is 9.74. The lowest BCUT2D eigenvalue weighted by Crippen LogP contribution is -2.61. The highest BCUT2D eigenvalue weighted by Gasteiger charge is 2.53. The van der Waals surface area contributed by atoms with Crippen molar-refractivity contribution >= 4 is 34.9 Å². The van der Waals surface area contributed by atoms with Gasteiger partial charge in [-0.15, -0.1) is 0 Å². The highest BCUT2D eigenvalue weighted by Crippen LogP contribution is 2.39. The van der Waals surface area contributed by atoms with Crippen LogP contribution in [-0.2, 0) is 47.8 Å². The van der Waals surface area contributed by atoms with Crippen LogP contribution in [0.1, 0.15) is 126 Å². The van der Waals surface area contributed by atoms with E-state index in [-0.39, 0.29) is 55.3 Å². The molecule has 17 atom stereocenters. The van der Waals surface area contributed by atoms with Crippen molar-refractivity contribution in [2.75, 3.05) is 25.8 Å². The summed E-state index contributed by atoms with van der Waals surface area (Å²) in [5.41, 5.74) is 2.12.